The molecule has 0 radical (unpaired) electrons. The Morgan fingerprint density at radius 1 is 1.23 bits per heavy atom. The highest BCUT2D eigenvalue weighted by Crippen LogP contribution is 2.64. The molecule has 2 aliphatic rings. The van der Waals surface area contributed by atoms with Crippen LogP contribution in [0.3, 0.4) is 0 Å². The van der Waals surface area contributed by atoms with Gasteiger partial charge in [0.05, 0.1) is 11.0 Å². The molecule has 2 atom stereocenters. The number of carboxylic acid groups (broad SMARTS) is 1. The Morgan fingerprint density at radius 2 is 1.95 bits per heavy atom. The van der Waals surface area contributed by atoms with Crippen molar-refractivity contribution in [1.29, 1.82) is 0 Å². The van der Waals surface area contributed by atoms with Gasteiger partial charge in [0.1, 0.15) is 0 Å². The lowest BCUT2D eigenvalue weighted by atomic mass is 9.91. The summed E-state index contributed by atoms with van der Waals surface area (Å²) in [5.41, 5.74) is 3.52. The van der Waals surface area contributed by atoms with E-state index in [-0.39, 0.29) is 17.4 Å². The van der Waals surface area contributed by atoms with E-state index < -0.39 is 11.4 Å². The standard InChI is InChI=1S/C18H15NO3/c1-10-2-4-11(5-3-10)14-9-18(14)13-8-12(16(20)21)6-7-15(13)19-17(18)22/h2-8,14H,9H2,1H3,(H,19,22)(H,20,21). The molecule has 1 fully saturated rings. The predicted octanol–water partition coefficient (Wildman–Crippen LogP) is 3.07. The molecule has 4 heteroatoms. The van der Waals surface area contributed by atoms with Gasteiger partial charge in [-0.05, 0) is 42.7 Å². The van der Waals surface area contributed by atoms with Gasteiger partial charge >= 0.3 is 5.97 Å². The molecule has 4 nitrogen and oxygen atoms in total. The van der Waals surface area contributed by atoms with E-state index in [4.69, 9.17) is 0 Å². The van der Waals surface area contributed by atoms with E-state index in [9.17, 15) is 14.7 Å². The summed E-state index contributed by atoms with van der Waals surface area (Å²) in [5, 5.41) is 12.1. The number of hydrogen-bond donors (Lipinski definition) is 2. The molecule has 1 spiro atoms. The van der Waals surface area contributed by atoms with Gasteiger partial charge in [0, 0.05) is 11.6 Å². The molecule has 1 aliphatic carbocycles. The Kier molecular flexibility index (Phi) is 2.49. The van der Waals surface area contributed by atoms with E-state index in [1.54, 1.807) is 12.1 Å². The third-order valence-electron chi connectivity index (χ3n) is 4.84. The van der Waals surface area contributed by atoms with Crippen LogP contribution in [0.4, 0.5) is 5.69 Å². The van der Waals surface area contributed by atoms with E-state index in [1.807, 2.05) is 19.1 Å². The van der Waals surface area contributed by atoms with Gasteiger partial charge in [-0.25, -0.2) is 4.79 Å². The smallest absolute Gasteiger partial charge is 0.335 e. The highest BCUT2D eigenvalue weighted by atomic mass is 16.4. The number of fused-ring (bicyclic) bond motifs is 2. The minimum atomic E-state index is -0.968. The number of anilines is 1. The Bertz CT molecular complexity index is 810. The molecule has 0 aromatic heterocycles. The minimum Gasteiger partial charge on any atom is -0.478 e. The number of rotatable bonds is 2. The van der Waals surface area contributed by atoms with E-state index in [0.29, 0.717) is 0 Å². The van der Waals surface area contributed by atoms with Crippen molar-refractivity contribution in [1.82, 2.24) is 0 Å². The van der Waals surface area contributed by atoms with Crippen LogP contribution in [0.15, 0.2) is 42.5 Å². The van der Waals surface area contributed by atoms with Crippen LogP contribution in [0.1, 0.15) is 39.4 Å². The summed E-state index contributed by atoms with van der Waals surface area (Å²) >= 11 is 0. The Morgan fingerprint density at radius 3 is 2.64 bits per heavy atom. The van der Waals surface area contributed by atoms with Crippen LogP contribution in [-0.4, -0.2) is 17.0 Å². The van der Waals surface area contributed by atoms with Crippen molar-refractivity contribution in [3.63, 3.8) is 0 Å². The second-order valence-corrected chi connectivity index (χ2v) is 6.16. The normalized spacial score (nSPS) is 25.0. The molecular weight excluding hydrogens is 278 g/mol. The topological polar surface area (TPSA) is 66.4 Å². The zero-order chi connectivity index (χ0) is 15.5. The van der Waals surface area contributed by atoms with Crippen LogP contribution in [0, 0.1) is 6.92 Å². The summed E-state index contributed by atoms with van der Waals surface area (Å²) in [6.07, 6.45) is 0.734. The molecule has 1 aliphatic heterocycles. The maximum atomic E-state index is 12.5. The fourth-order valence-corrected chi connectivity index (χ4v) is 3.52. The van der Waals surface area contributed by atoms with Crippen molar-refractivity contribution < 1.29 is 14.7 Å². The van der Waals surface area contributed by atoms with Crippen molar-refractivity contribution in [2.24, 2.45) is 0 Å². The summed E-state index contributed by atoms with van der Waals surface area (Å²) in [5.74, 6) is -0.862. The molecule has 0 bridgehead atoms. The highest BCUT2D eigenvalue weighted by molar-refractivity contribution is 6.10. The quantitative estimate of drug-likeness (QED) is 0.894. The molecule has 2 unspecified atom stereocenters. The zero-order valence-corrected chi connectivity index (χ0v) is 12.1. The number of carbonyl (C=O) groups excluding carboxylic acids is 1. The van der Waals surface area contributed by atoms with Gasteiger partial charge in [0.15, 0.2) is 0 Å². The molecule has 22 heavy (non-hydrogen) atoms. The van der Waals surface area contributed by atoms with Gasteiger partial charge < -0.3 is 10.4 Å². The predicted molar refractivity (Wildman–Crippen MR) is 82.2 cm³/mol. The minimum absolute atomic E-state index is 0.0180. The molecule has 2 aromatic rings. The van der Waals surface area contributed by atoms with Crippen LogP contribution >= 0.6 is 0 Å². The third kappa shape index (κ3) is 1.64. The molecule has 1 heterocycles. The molecule has 2 aromatic carbocycles. The second kappa shape index (κ2) is 4.19. The number of aryl methyl sites for hydroxylation is 1. The average Bonchev–Trinajstić information content (AvgIpc) is 3.18. The molecule has 110 valence electrons. The van der Waals surface area contributed by atoms with Gasteiger partial charge in [-0.3, -0.25) is 4.79 Å². The number of benzene rings is 2. The lowest BCUT2D eigenvalue weighted by Gasteiger charge is -2.09. The number of hydrogen-bond acceptors (Lipinski definition) is 2. The monoisotopic (exact) mass is 293 g/mol. The van der Waals surface area contributed by atoms with Gasteiger partial charge in [-0.15, -0.1) is 0 Å². The number of aromatic carboxylic acids is 1. The van der Waals surface area contributed by atoms with E-state index in [0.717, 1.165) is 23.2 Å². The SMILES string of the molecule is Cc1ccc(C2CC23C(=O)Nc2ccc(C(=O)O)cc23)cc1. The van der Waals surface area contributed by atoms with Gasteiger partial charge in [0.25, 0.3) is 0 Å². The van der Waals surface area contributed by atoms with Crippen LogP contribution in [0.25, 0.3) is 0 Å². The first-order valence-electron chi connectivity index (χ1n) is 7.28. The van der Waals surface area contributed by atoms with E-state index in [2.05, 4.69) is 17.4 Å². The largest absolute Gasteiger partial charge is 0.478 e. The van der Waals surface area contributed by atoms with E-state index >= 15 is 0 Å². The molecule has 0 saturated heterocycles. The first-order valence-corrected chi connectivity index (χ1v) is 7.28. The number of carboxylic acids is 1. The van der Waals surface area contributed by atoms with Gasteiger partial charge in [-0.1, -0.05) is 29.8 Å². The maximum Gasteiger partial charge on any atom is 0.335 e. The Hall–Kier alpha value is -2.62. The van der Waals surface area contributed by atoms with Crippen LogP contribution in [-0.2, 0) is 10.2 Å². The summed E-state index contributed by atoms with van der Waals surface area (Å²) in [7, 11) is 0. The first kappa shape index (κ1) is 13.1. The van der Waals surface area contributed by atoms with Crippen LogP contribution < -0.4 is 5.32 Å². The van der Waals surface area contributed by atoms with Crippen LogP contribution in [0.2, 0.25) is 0 Å². The molecule has 4 rings (SSSR count). The lowest BCUT2D eigenvalue weighted by molar-refractivity contribution is -0.118. The van der Waals surface area contributed by atoms with Crippen molar-refractivity contribution in [2.45, 2.75) is 24.7 Å². The summed E-state index contributed by atoms with van der Waals surface area (Å²) in [4.78, 5) is 23.7. The number of nitrogens with one attached hydrogen (secondary N) is 1. The van der Waals surface area contributed by atoms with E-state index in [1.165, 1.54) is 11.6 Å². The summed E-state index contributed by atoms with van der Waals surface area (Å²) in [6, 6.07) is 13.1. The molecular formula is C18H15NO3. The fraction of sp³-hybridized carbons (Fsp3) is 0.222. The number of carbonyl (C=O) groups is 2. The fourth-order valence-electron chi connectivity index (χ4n) is 3.52. The summed E-state index contributed by atoms with van der Waals surface area (Å²) in [6.45, 7) is 2.03. The average molecular weight is 293 g/mol. The van der Waals surface area contributed by atoms with Gasteiger partial charge in [0.2, 0.25) is 5.91 Å². The van der Waals surface area contributed by atoms with Crippen LogP contribution in [0.5, 0.6) is 0 Å². The molecule has 1 amide bonds. The van der Waals surface area contributed by atoms with Crippen molar-refractivity contribution in [3.8, 4) is 0 Å². The second-order valence-electron chi connectivity index (χ2n) is 6.16. The Labute approximate surface area is 127 Å². The van der Waals surface area contributed by atoms with Crippen molar-refractivity contribution in [2.75, 3.05) is 5.32 Å². The maximum absolute atomic E-state index is 12.5. The van der Waals surface area contributed by atoms with Crippen molar-refractivity contribution in [3.05, 3.63) is 64.7 Å². The summed E-state index contributed by atoms with van der Waals surface area (Å²) < 4.78 is 0. The van der Waals surface area contributed by atoms with Gasteiger partial charge in [-0.2, -0.15) is 0 Å². The first-order chi connectivity index (χ1) is 10.5. The highest BCUT2D eigenvalue weighted by Gasteiger charge is 2.65. The van der Waals surface area contributed by atoms with Crippen molar-refractivity contribution >= 4 is 17.6 Å². The molecule has 1 saturated carbocycles. The Balaban J connectivity index is 1.79. The zero-order valence-electron chi connectivity index (χ0n) is 12.1. The third-order valence-corrected chi connectivity index (χ3v) is 4.84. The lowest BCUT2D eigenvalue weighted by Crippen LogP contribution is -2.21. The molecule has 2 N–H and O–H groups in total. The number of amides is 1.